The lowest BCUT2D eigenvalue weighted by Gasteiger charge is -2.04. The van der Waals surface area contributed by atoms with Gasteiger partial charge in [-0.1, -0.05) is 30.0 Å². The third kappa shape index (κ3) is 2.36. The first kappa shape index (κ1) is 12.6. The maximum Gasteiger partial charge on any atom is 0.330 e. The van der Waals surface area contributed by atoms with Crippen molar-refractivity contribution in [3.05, 3.63) is 41.2 Å². The van der Waals surface area contributed by atoms with Gasteiger partial charge in [0.05, 0.1) is 16.8 Å². The highest BCUT2D eigenvalue weighted by molar-refractivity contribution is 7.16. The van der Waals surface area contributed by atoms with Crippen molar-refractivity contribution in [1.29, 1.82) is 5.41 Å². The highest BCUT2D eigenvalue weighted by Gasteiger charge is 2.07. The second-order valence-corrected chi connectivity index (χ2v) is 4.85. The van der Waals surface area contributed by atoms with Crippen molar-refractivity contribution < 1.29 is 9.53 Å². The molecule has 1 heterocycles. The molecule has 0 spiro atoms. The Morgan fingerprint density at radius 2 is 2.39 bits per heavy atom. The molecule has 0 atom stereocenters. The number of thiazole rings is 1. The van der Waals surface area contributed by atoms with Crippen LogP contribution < -0.4 is 4.80 Å². The van der Waals surface area contributed by atoms with E-state index in [-0.39, 0.29) is 0 Å². The van der Waals surface area contributed by atoms with E-state index < -0.39 is 5.97 Å². The molecule has 0 bridgehead atoms. The lowest BCUT2D eigenvalue weighted by atomic mass is 10.1. The predicted molar refractivity (Wildman–Crippen MR) is 71.5 cm³/mol. The highest BCUT2D eigenvalue weighted by Crippen LogP contribution is 2.21. The van der Waals surface area contributed by atoms with Crippen LogP contribution in [-0.2, 0) is 23.0 Å². The lowest BCUT2D eigenvalue weighted by Crippen LogP contribution is -2.06. The Kier molecular flexibility index (Phi) is 3.62. The molecule has 5 heteroatoms. The number of benzene rings is 1. The normalized spacial score (nSPS) is 10.5. The molecule has 2 aromatic rings. The molecule has 0 aliphatic carbocycles. The number of carbonyl (C=O) groups excluding carboxylic acids is 1. The van der Waals surface area contributed by atoms with E-state index in [4.69, 9.17) is 10.1 Å². The molecule has 4 nitrogen and oxygen atoms in total. The van der Waals surface area contributed by atoms with Gasteiger partial charge >= 0.3 is 5.97 Å². The summed E-state index contributed by atoms with van der Waals surface area (Å²) in [5.41, 5.74) is 2.14. The van der Waals surface area contributed by atoms with E-state index in [1.807, 2.05) is 29.8 Å². The van der Waals surface area contributed by atoms with Crippen molar-refractivity contribution in [2.24, 2.45) is 7.05 Å². The van der Waals surface area contributed by atoms with Crippen LogP contribution in [0.5, 0.6) is 0 Å². The minimum Gasteiger partial charge on any atom is -0.462 e. The number of fused-ring (bicyclic) bond motifs is 1. The van der Waals surface area contributed by atoms with Gasteiger partial charge in [-0.15, -0.1) is 0 Å². The van der Waals surface area contributed by atoms with Crippen LogP contribution in [0.1, 0.15) is 5.56 Å². The lowest BCUT2D eigenvalue weighted by molar-refractivity contribution is -0.137. The first-order valence-electron chi connectivity index (χ1n) is 5.54. The first-order chi connectivity index (χ1) is 8.63. The van der Waals surface area contributed by atoms with Gasteiger partial charge in [0.2, 0.25) is 0 Å². The van der Waals surface area contributed by atoms with Crippen LogP contribution in [0.2, 0.25) is 0 Å². The van der Waals surface area contributed by atoms with Crippen molar-refractivity contribution in [3.8, 4) is 0 Å². The smallest absolute Gasteiger partial charge is 0.330 e. The number of nitrogens with one attached hydrogen (secondary N) is 1. The second kappa shape index (κ2) is 5.18. The van der Waals surface area contributed by atoms with Crippen molar-refractivity contribution in [2.75, 3.05) is 6.61 Å². The van der Waals surface area contributed by atoms with Crippen LogP contribution in [0.15, 0.2) is 30.9 Å². The van der Waals surface area contributed by atoms with Gasteiger partial charge in [-0.3, -0.25) is 5.41 Å². The van der Waals surface area contributed by atoms with Crippen LogP contribution in [0.4, 0.5) is 0 Å². The predicted octanol–water partition coefficient (Wildman–Crippen LogP) is 1.99. The third-order valence-corrected chi connectivity index (χ3v) is 3.87. The van der Waals surface area contributed by atoms with Crippen molar-refractivity contribution in [3.63, 3.8) is 0 Å². The highest BCUT2D eigenvalue weighted by atomic mass is 32.1. The number of ether oxygens (including phenoxy) is 1. The summed E-state index contributed by atoms with van der Waals surface area (Å²) in [7, 11) is 1.88. The summed E-state index contributed by atoms with van der Waals surface area (Å²) in [6.07, 6.45) is 1.81. The van der Waals surface area contributed by atoms with Gasteiger partial charge in [0.25, 0.3) is 0 Å². The fraction of sp³-hybridized carbons (Fsp3) is 0.231. The molecule has 0 aliphatic rings. The largest absolute Gasteiger partial charge is 0.462 e. The summed E-state index contributed by atoms with van der Waals surface area (Å²) in [6.45, 7) is 3.68. The average molecular weight is 262 g/mol. The van der Waals surface area contributed by atoms with E-state index >= 15 is 0 Å². The molecule has 1 aromatic carbocycles. The monoisotopic (exact) mass is 262 g/mol. The van der Waals surface area contributed by atoms with E-state index in [0.717, 1.165) is 21.9 Å². The number of rotatable bonds is 4. The average Bonchev–Trinajstić information content (AvgIpc) is 2.66. The molecule has 0 fully saturated rings. The summed E-state index contributed by atoms with van der Waals surface area (Å²) < 4.78 is 7.90. The molecule has 0 aliphatic heterocycles. The molecule has 1 aromatic heterocycles. The quantitative estimate of drug-likeness (QED) is 0.676. The maximum atomic E-state index is 11.0. The van der Waals surface area contributed by atoms with Crippen LogP contribution in [-0.4, -0.2) is 17.1 Å². The molecule has 18 heavy (non-hydrogen) atoms. The summed E-state index contributed by atoms with van der Waals surface area (Å²) in [4.78, 5) is 11.5. The summed E-state index contributed by atoms with van der Waals surface area (Å²) in [5, 5.41) is 7.80. The SMILES string of the molecule is C=CC(=O)OCCc1cccc2c1sc(=N)n2C. The topological polar surface area (TPSA) is 55.1 Å². The van der Waals surface area contributed by atoms with Gasteiger partial charge in [0.1, 0.15) is 0 Å². The minimum absolute atomic E-state index is 0.332. The van der Waals surface area contributed by atoms with Gasteiger partial charge in [-0.05, 0) is 11.6 Å². The number of esters is 1. The van der Waals surface area contributed by atoms with Crippen LogP contribution in [0.25, 0.3) is 10.2 Å². The van der Waals surface area contributed by atoms with Crippen LogP contribution in [0.3, 0.4) is 0 Å². The van der Waals surface area contributed by atoms with Crippen molar-refractivity contribution in [1.82, 2.24) is 4.57 Å². The molecular formula is C13H14N2O2S. The van der Waals surface area contributed by atoms with E-state index in [9.17, 15) is 4.79 Å². The third-order valence-electron chi connectivity index (χ3n) is 2.72. The zero-order valence-corrected chi connectivity index (χ0v) is 10.9. The number of carbonyl (C=O) groups is 1. The standard InChI is InChI=1S/C13H14N2O2S/c1-3-11(16)17-8-7-9-5-4-6-10-12(9)18-13(14)15(10)2/h3-6,14H,1,7-8H2,2H3. The summed E-state index contributed by atoms with van der Waals surface area (Å²) in [6, 6.07) is 5.95. The van der Waals surface area contributed by atoms with E-state index in [0.29, 0.717) is 17.8 Å². The molecule has 0 saturated carbocycles. The molecule has 0 amide bonds. The molecule has 1 N–H and O–H groups in total. The van der Waals surface area contributed by atoms with Gasteiger partial charge in [0, 0.05) is 19.5 Å². The van der Waals surface area contributed by atoms with Gasteiger partial charge in [0.15, 0.2) is 4.80 Å². The number of hydrogen-bond acceptors (Lipinski definition) is 4. The second-order valence-electron chi connectivity index (χ2n) is 3.85. The zero-order chi connectivity index (χ0) is 13.1. The van der Waals surface area contributed by atoms with Gasteiger partial charge in [-0.2, -0.15) is 0 Å². The Morgan fingerprint density at radius 3 is 3.11 bits per heavy atom. The fourth-order valence-electron chi connectivity index (χ4n) is 1.75. The van der Waals surface area contributed by atoms with Gasteiger partial charge in [-0.25, -0.2) is 4.79 Å². The number of hydrogen-bond donors (Lipinski definition) is 1. The van der Waals surface area contributed by atoms with Crippen molar-refractivity contribution >= 4 is 27.5 Å². The molecule has 0 radical (unpaired) electrons. The fourth-order valence-corrected chi connectivity index (χ4v) is 2.78. The van der Waals surface area contributed by atoms with E-state index in [1.165, 1.54) is 11.3 Å². The molecule has 2 rings (SSSR count). The van der Waals surface area contributed by atoms with Crippen LogP contribution in [0, 0.1) is 5.41 Å². The number of aryl methyl sites for hydroxylation is 1. The first-order valence-corrected chi connectivity index (χ1v) is 6.36. The molecule has 0 unspecified atom stereocenters. The molecular weight excluding hydrogens is 248 g/mol. The number of nitrogens with zero attached hydrogens (tertiary/aromatic N) is 1. The van der Waals surface area contributed by atoms with Crippen LogP contribution >= 0.6 is 11.3 Å². The maximum absolute atomic E-state index is 11.0. The minimum atomic E-state index is -0.403. The Balaban J connectivity index is 2.23. The Bertz CT molecular complexity index is 655. The van der Waals surface area contributed by atoms with E-state index in [1.54, 1.807) is 0 Å². The van der Waals surface area contributed by atoms with Crippen molar-refractivity contribution in [2.45, 2.75) is 6.42 Å². The molecule has 0 saturated heterocycles. The Hall–Kier alpha value is -1.88. The molecule has 94 valence electrons. The Morgan fingerprint density at radius 1 is 1.61 bits per heavy atom. The number of aromatic nitrogens is 1. The summed E-state index contributed by atoms with van der Waals surface area (Å²) in [5.74, 6) is -0.403. The van der Waals surface area contributed by atoms with Gasteiger partial charge < -0.3 is 9.30 Å². The Labute approximate surface area is 109 Å². The summed E-state index contributed by atoms with van der Waals surface area (Å²) >= 11 is 1.44. The van der Waals surface area contributed by atoms with E-state index in [2.05, 4.69) is 6.58 Å². The zero-order valence-electron chi connectivity index (χ0n) is 10.1.